The third-order valence-electron chi connectivity index (χ3n) is 8.66. The van der Waals surface area contributed by atoms with Gasteiger partial charge in [0.1, 0.15) is 17.9 Å². The number of esters is 1. The van der Waals surface area contributed by atoms with Crippen molar-refractivity contribution >= 4 is 29.1 Å². The van der Waals surface area contributed by atoms with Gasteiger partial charge in [-0.25, -0.2) is 33.0 Å². The van der Waals surface area contributed by atoms with Crippen molar-refractivity contribution in [2.75, 3.05) is 39.8 Å². The first-order chi connectivity index (χ1) is 20.7. The van der Waals surface area contributed by atoms with Gasteiger partial charge in [0, 0.05) is 50.0 Å². The number of carbonyl (C=O) groups is 2. The largest absolute Gasteiger partial charge is 0.481 e. The van der Waals surface area contributed by atoms with Gasteiger partial charge in [-0.2, -0.15) is 0 Å². The van der Waals surface area contributed by atoms with E-state index >= 15 is 8.78 Å². The van der Waals surface area contributed by atoms with E-state index in [0.717, 1.165) is 0 Å². The quantitative estimate of drug-likeness (QED) is 0.377. The number of amidine groups is 1. The molecule has 1 aromatic carbocycles. The minimum atomic E-state index is -3.12. The number of aliphatic imine (C=N–C) groups is 1. The van der Waals surface area contributed by atoms with Gasteiger partial charge in [-0.1, -0.05) is 12.1 Å². The van der Waals surface area contributed by atoms with Crippen molar-refractivity contribution in [3.05, 3.63) is 63.0 Å². The molecule has 5 rings (SSSR count). The number of hydrazine groups is 1. The Hall–Kier alpha value is -3.33. The summed E-state index contributed by atoms with van der Waals surface area (Å²) in [5.74, 6) is -4.89. The van der Waals surface area contributed by atoms with Crippen LogP contribution < -0.4 is 5.32 Å². The molecule has 2 saturated heterocycles. The zero-order chi connectivity index (χ0) is 32.0. The van der Waals surface area contributed by atoms with Crippen LogP contribution in [0.25, 0.3) is 0 Å². The van der Waals surface area contributed by atoms with Gasteiger partial charge in [-0.3, -0.25) is 14.7 Å². The number of nitrogens with one attached hydrogen (secondary N) is 1. The molecule has 0 amide bonds. The number of nitrogens with zero attached hydrogens (tertiary/aromatic N) is 5. The predicted molar refractivity (Wildman–Crippen MR) is 159 cm³/mol. The van der Waals surface area contributed by atoms with Gasteiger partial charge < -0.3 is 15.2 Å². The molecular formula is C30H37F3N6O4S. The molecule has 2 N–H and O–H groups in total. The number of aliphatic carboxylic acids is 1. The van der Waals surface area contributed by atoms with Crippen LogP contribution in [0.15, 0.2) is 46.0 Å². The SMILES string of the molecule is CCOC(=O)C1=C(CN2CC(F)(F)C3C2CN(C)N3CCC(C)(C)C(=O)O)NC(c2nccs2)=N[C@H]1c1cccc(F)c1C. The van der Waals surface area contributed by atoms with Crippen molar-refractivity contribution in [2.45, 2.75) is 58.2 Å². The molecule has 4 heterocycles. The molecule has 1 aromatic heterocycles. The zero-order valence-electron chi connectivity index (χ0n) is 25.3. The fourth-order valence-electron chi connectivity index (χ4n) is 6.13. The number of rotatable bonds is 10. The summed E-state index contributed by atoms with van der Waals surface area (Å²) in [4.78, 5) is 36.0. The summed E-state index contributed by atoms with van der Waals surface area (Å²) >= 11 is 1.32. The number of alkyl halides is 2. The van der Waals surface area contributed by atoms with E-state index in [1.807, 2.05) is 0 Å². The van der Waals surface area contributed by atoms with E-state index in [4.69, 9.17) is 9.73 Å². The summed E-state index contributed by atoms with van der Waals surface area (Å²) in [6.45, 7) is 6.33. The normalized spacial score (nSPS) is 24.3. The summed E-state index contributed by atoms with van der Waals surface area (Å²) in [5.41, 5.74) is 0.153. The van der Waals surface area contributed by atoms with Gasteiger partial charge in [-0.05, 0) is 51.3 Å². The van der Waals surface area contributed by atoms with Crippen molar-refractivity contribution in [3.63, 3.8) is 0 Å². The highest BCUT2D eigenvalue weighted by Crippen LogP contribution is 2.43. The Morgan fingerprint density at radius 2 is 2.05 bits per heavy atom. The topological polar surface area (TPSA) is 111 Å². The fourth-order valence-corrected chi connectivity index (χ4v) is 6.72. The lowest BCUT2D eigenvalue weighted by Gasteiger charge is -2.33. The number of likely N-dealkylation sites (tertiary alicyclic amines) is 1. The van der Waals surface area contributed by atoms with Crippen molar-refractivity contribution in [2.24, 2.45) is 10.4 Å². The Bertz CT molecular complexity index is 1480. The second-order valence-electron chi connectivity index (χ2n) is 12.0. The number of aromatic nitrogens is 1. The maximum atomic E-state index is 15.8. The summed E-state index contributed by atoms with van der Waals surface area (Å²) in [5, 5.41) is 18.4. The molecule has 0 radical (unpaired) electrons. The number of carboxylic acids is 1. The van der Waals surface area contributed by atoms with Crippen LogP contribution in [0.1, 0.15) is 49.4 Å². The number of halogens is 3. The van der Waals surface area contributed by atoms with E-state index < -0.39 is 53.8 Å². The van der Waals surface area contributed by atoms with Gasteiger partial charge in [0.2, 0.25) is 0 Å². The maximum absolute atomic E-state index is 15.8. The number of carbonyl (C=O) groups excluding carboxylic acids is 1. The second kappa shape index (κ2) is 12.2. The number of likely N-dealkylation sites (N-methyl/N-ethyl adjacent to an activating group) is 1. The van der Waals surface area contributed by atoms with Crippen LogP contribution in [-0.2, 0) is 14.3 Å². The molecule has 2 unspecified atom stereocenters. The highest BCUT2D eigenvalue weighted by molar-refractivity contribution is 7.11. The molecular weight excluding hydrogens is 597 g/mol. The highest BCUT2D eigenvalue weighted by atomic mass is 32.1. The van der Waals surface area contributed by atoms with Crippen molar-refractivity contribution in [1.29, 1.82) is 0 Å². The van der Waals surface area contributed by atoms with Gasteiger partial charge in [-0.15, -0.1) is 11.3 Å². The first-order valence-corrected chi connectivity index (χ1v) is 15.4. The van der Waals surface area contributed by atoms with Crippen LogP contribution in [-0.4, -0.2) is 101 Å². The third-order valence-corrected chi connectivity index (χ3v) is 9.44. The number of hydrogen-bond acceptors (Lipinski definition) is 10. The first kappa shape index (κ1) is 32.1. The third kappa shape index (κ3) is 6.00. The van der Waals surface area contributed by atoms with E-state index in [1.165, 1.54) is 17.4 Å². The van der Waals surface area contributed by atoms with E-state index in [9.17, 15) is 19.1 Å². The average Bonchev–Trinajstić information content (AvgIpc) is 3.66. The summed E-state index contributed by atoms with van der Waals surface area (Å²) in [6, 6.07) is 1.81. The number of ether oxygens (including phenoxy) is 1. The molecule has 0 spiro atoms. The maximum Gasteiger partial charge on any atom is 0.338 e. The van der Waals surface area contributed by atoms with Crippen LogP contribution in [0.5, 0.6) is 0 Å². The molecule has 2 aromatic rings. The number of thiazole rings is 1. The number of benzene rings is 1. The summed E-state index contributed by atoms with van der Waals surface area (Å²) < 4.78 is 51.8. The summed E-state index contributed by atoms with van der Waals surface area (Å²) in [6.07, 6.45) is 1.80. The van der Waals surface area contributed by atoms with E-state index in [2.05, 4.69) is 10.3 Å². The Balaban J connectivity index is 1.53. The average molecular weight is 635 g/mol. The van der Waals surface area contributed by atoms with E-state index in [1.54, 1.807) is 73.4 Å². The highest BCUT2D eigenvalue weighted by Gasteiger charge is 2.61. The van der Waals surface area contributed by atoms with Crippen LogP contribution in [0.4, 0.5) is 13.2 Å². The van der Waals surface area contributed by atoms with E-state index in [-0.39, 0.29) is 38.2 Å². The molecule has 3 aliphatic rings. The fraction of sp³-hybridized carbons (Fsp3) is 0.533. The number of fused-ring (bicyclic) bond motifs is 1. The van der Waals surface area contributed by atoms with Gasteiger partial charge in [0.25, 0.3) is 5.92 Å². The van der Waals surface area contributed by atoms with Crippen LogP contribution in [0.2, 0.25) is 0 Å². The van der Waals surface area contributed by atoms with Crippen LogP contribution in [0.3, 0.4) is 0 Å². The monoisotopic (exact) mass is 634 g/mol. The minimum absolute atomic E-state index is 0.0531. The minimum Gasteiger partial charge on any atom is -0.481 e. The number of carboxylic acid groups (broad SMARTS) is 1. The Morgan fingerprint density at radius 1 is 1.30 bits per heavy atom. The Morgan fingerprint density at radius 3 is 2.70 bits per heavy atom. The van der Waals surface area contributed by atoms with Crippen LogP contribution in [0, 0.1) is 18.2 Å². The molecule has 14 heteroatoms. The molecule has 44 heavy (non-hydrogen) atoms. The lowest BCUT2D eigenvalue weighted by molar-refractivity contribution is -0.149. The molecule has 0 saturated carbocycles. The van der Waals surface area contributed by atoms with Crippen molar-refractivity contribution < 1.29 is 32.6 Å². The molecule has 2 fully saturated rings. The van der Waals surface area contributed by atoms with Gasteiger partial charge in [0.05, 0.1) is 24.1 Å². The first-order valence-electron chi connectivity index (χ1n) is 14.5. The lowest BCUT2D eigenvalue weighted by Crippen LogP contribution is -2.49. The van der Waals surface area contributed by atoms with E-state index in [0.29, 0.717) is 27.7 Å². The molecule has 238 valence electrons. The second-order valence-corrected chi connectivity index (χ2v) is 12.9. The predicted octanol–water partition coefficient (Wildman–Crippen LogP) is 3.85. The van der Waals surface area contributed by atoms with Crippen molar-refractivity contribution in [3.8, 4) is 0 Å². The molecule has 3 aliphatic heterocycles. The Labute approximate surface area is 258 Å². The number of hydrogen-bond donors (Lipinski definition) is 2. The standard InChI is InChI=1S/C30H37F3N6O4S/c1-6-43-27(40)22-20(35-25(26-34-11-13-44-26)36-23(22)18-8-7-9-19(31)17(18)2)14-38-16-30(32,33)24-21(38)15-37(5)39(24)12-10-29(3,4)28(41)42/h7-9,11,13,21,23-24H,6,10,12,14-16H2,1-5H3,(H,35,36)(H,41,42)/t21?,23-,24?/m0/s1. The molecule has 10 nitrogen and oxygen atoms in total. The smallest absolute Gasteiger partial charge is 0.338 e. The summed E-state index contributed by atoms with van der Waals surface area (Å²) in [7, 11) is 1.72. The lowest BCUT2D eigenvalue weighted by atomic mass is 9.89. The Kier molecular flexibility index (Phi) is 8.91. The zero-order valence-corrected chi connectivity index (χ0v) is 26.1. The van der Waals surface area contributed by atoms with Gasteiger partial charge >= 0.3 is 11.9 Å². The molecule has 3 atom stereocenters. The molecule has 0 bridgehead atoms. The molecule has 0 aliphatic carbocycles. The van der Waals surface area contributed by atoms with Crippen molar-refractivity contribution in [1.82, 2.24) is 25.2 Å². The van der Waals surface area contributed by atoms with Gasteiger partial charge in [0.15, 0.2) is 10.8 Å². The van der Waals surface area contributed by atoms with Crippen LogP contribution >= 0.6 is 11.3 Å².